The highest BCUT2D eigenvalue weighted by molar-refractivity contribution is 6.30. The van der Waals surface area contributed by atoms with E-state index in [1.165, 1.54) is 12.1 Å². The Morgan fingerprint density at radius 1 is 1.26 bits per heavy atom. The average molecular weight is 282 g/mol. The lowest BCUT2D eigenvalue weighted by Crippen LogP contribution is -2.19. The highest BCUT2D eigenvalue weighted by Gasteiger charge is 2.15. The quantitative estimate of drug-likeness (QED) is 0.851. The molecule has 0 fully saturated rings. The summed E-state index contributed by atoms with van der Waals surface area (Å²) in [5.41, 5.74) is 0.394. The first-order valence-electron chi connectivity index (χ1n) is 6.44. The van der Waals surface area contributed by atoms with E-state index in [9.17, 15) is 4.39 Å². The molecule has 1 aromatic heterocycles. The number of hydrogen-bond acceptors (Lipinski definition) is 2. The predicted molar refractivity (Wildman–Crippen MR) is 75.8 cm³/mol. The first-order valence-corrected chi connectivity index (χ1v) is 6.82. The third-order valence-electron chi connectivity index (χ3n) is 3.02. The number of rotatable bonds is 5. The van der Waals surface area contributed by atoms with Crippen LogP contribution in [0.1, 0.15) is 32.1 Å². The second kappa shape index (κ2) is 6.22. The average Bonchev–Trinajstić information content (AvgIpc) is 2.88. The summed E-state index contributed by atoms with van der Waals surface area (Å²) in [6, 6.07) is 8.27. The lowest BCUT2D eigenvalue weighted by molar-refractivity contribution is 0.416. The first kappa shape index (κ1) is 14.1. The zero-order chi connectivity index (χ0) is 13.8. The Morgan fingerprint density at radius 3 is 2.74 bits per heavy atom. The van der Waals surface area contributed by atoms with Crippen molar-refractivity contribution >= 4 is 11.6 Å². The van der Waals surface area contributed by atoms with Crippen molar-refractivity contribution in [3.05, 3.63) is 46.9 Å². The van der Waals surface area contributed by atoms with Gasteiger partial charge in [-0.1, -0.05) is 25.4 Å². The molecule has 2 aromatic rings. The summed E-state index contributed by atoms with van der Waals surface area (Å²) in [5, 5.41) is 3.82. The molecule has 102 valence electrons. The molecule has 0 bridgehead atoms. The topological polar surface area (TPSA) is 25.2 Å². The van der Waals surface area contributed by atoms with E-state index in [1.54, 1.807) is 12.1 Å². The molecule has 0 spiro atoms. The van der Waals surface area contributed by atoms with Gasteiger partial charge in [-0.2, -0.15) is 0 Å². The molecular weight excluding hydrogens is 265 g/mol. The molecule has 0 saturated heterocycles. The van der Waals surface area contributed by atoms with Crippen molar-refractivity contribution in [1.29, 1.82) is 0 Å². The Hall–Kier alpha value is -1.32. The van der Waals surface area contributed by atoms with Gasteiger partial charge in [-0.15, -0.1) is 0 Å². The summed E-state index contributed by atoms with van der Waals surface area (Å²) in [6.45, 7) is 4.98. The van der Waals surface area contributed by atoms with Crippen molar-refractivity contribution < 1.29 is 8.81 Å². The summed E-state index contributed by atoms with van der Waals surface area (Å²) in [5.74, 6) is 0.992. The van der Waals surface area contributed by atoms with Crippen LogP contribution in [0, 0.1) is 5.82 Å². The van der Waals surface area contributed by atoms with Gasteiger partial charge >= 0.3 is 0 Å². The van der Waals surface area contributed by atoms with Gasteiger partial charge in [0.05, 0.1) is 11.6 Å². The molecule has 1 N–H and O–H groups in total. The number of halogens is 2. The standard InChI is InChI=1S/C15H17ClFNO/c1-3-13(18-4-2)15-8-7-14(19-15)11-9-10(16)5-6-12(11)17/h5-9,13,18H,3-4H2,1-2H3. The molecule has 0 aliphatic heterocycles. The summed E-state index contributed by atoms with van der Waals surface area (Å²) >= 11 is 5.89. The minimum atomic E-state index is -0.332. The van der Waals surface area contributed by atoms with Crippen LogP contribution in [-0.2, 0) is 0 Å². The Balaban J connectivity index is 2.32. The van der Waals surface area contributed by atoms with Crippen molar-refractivity contribution in [3.63, 3.8) is 0 Å². The summed E-state index contributed by atoms with van der Waals surface area (Å²) < 4.78 is 19.5. The minimum absolute atomic E-state index is 0.154. The molecule has 2 nitrogen and oxygen atoms in total. The van der Waals surface area contributed by atoms with Gasteiger partial charge in [0.2, 0.25) is 0 Å². The largest absolute Gasteiger partial charge is 0.459 e. The number of benzene rings is 1. The van der Waals surface area contributed by atoms with Crippen molar-refractivity contribution in [1.82, 2.24) is 5.32 Å². The Bertz CT molecular complexity index is 553. The lowest BCUT2D eigenvalue weighted by atomic mass is 10.1. The van der Waals surface area contributed by atoms with Gasteiger partial charge in [0.25, 0.3) is 0 Å². The van der Waals surface area contributed by atoms with Crippen molar-refractivity contribution in [2.45, 2.75) is 26.3 Å². The fourth-order valence-corrected chi connectivity index (χ4v) is 2.24. The van der Waals surface area contributed by atoms with Gasteiger partial charge in [-0.3, -0.25) is 0 Å². The van der Waals surface area contributed by atoms with E-state index in [0.717, 1.165) is 18.7 Å². The van der Waals surface area contributed by atoms with Crippen molar-refractivity contribution in [2.75, 3.05) is 6.54 Å². The molecule has 1 aromatic carbocycles. The van der Waals surface area contributed by atoms with E-state index >= 15 is 0 Å². The molecule has 1 unspecified atom stereocenters. The Morgan fingerprint density at radius 2 is 2.05 bits per heavy atom. The normalized spacial score (nSPS) is 12.6. The van der Waals surface area contributed by atoms with Crippen molar-refractivity contribution in [2.24, 2.45) is 0 Å². The summed E-state index contributed by atoms with van der Waals surface area (Å²) in [7, 11) is 0. The van der Waals surface area contributed by atoms with Crippen LogP contribution in [0.25, 0.3) is 11.3 Å². The smallest absolute Gasteiger partial charge is 0.137 e. The van der Waals surface area contributed by atoms with E-state index < -0.39 is 0 Å². The summed E-state index contributed by atoms with van der Waals surface area (Å²) in [4.78, 5) is 0. The molecule has 2 rings (SSSR count). The molecule has 0 aliphatic carbocycles. The maximum Gasteiger partial charge on any atom is 0.137 e. The second-order valence-corrected chi connectivity index (χ2v) is 4.78. The van der Waals surface area contributed by atoms with E-state index in [0.29, 0.717) is 16.3 Å². The molecular formula is C15H17ClFNO. The third-order valence-corrected chi connectivity index (χ3v) is 3.26. The van der Waals surface area contributed by atoms with E-state index in [2.05, 4.69) is 12.2 Å². The Kier molecular flexibility index (Phi) is 4.61. The van der Waals surface area contributed by atoms with Gasteiger partial charge in [0, 0.05) is 5.02 Å². The molecule has 1 heterocycles. The zero-order valence-corrected chi connectivity index (χ0v) is 11.8. The highest BCUT2D eigenvalue weighted by Crippen LogP contribution is 2.30. The van der Waals surface area contributed by atoms with Gasteiger partial charge < -0.3 is 9.73 Å². The SMILES string of the molecule is CCNC(CC)c1ccc(-c2cc(Cl)ccc2F)o1. The second-order valence-electron chi connectivity index (χ2n) is 4.34. The number of hydrogen-bond donors (Lipinski definition) is 1. The van der Waals surface area contributed by atoms with Crippen LogP contribution in [0.5, 0.6) is 0 Å². The molecule has 1 atom stereocenters. The van der Waals surface area contributed by atoms with E-state index in [-0.39, 0.29) is 11.9 Å². The van der Waals surface area contributed by atoms with Gasteiger partial charge in [0.1, 0.15) is 17.3 Å². The van der Waals surface area contributed by atoms with Gasteiger partial charge in [-0.25, -0.2) is 4.39 Å². The fourth-order valence-electron chi connectivity index (χ4n) is 2.06. The predicted octanol–water partition coefficient (Wildman–Crippen LogP) is 4.80. The van der Waals surface area contributed by atoms with Crippen LogP contribution >= 0.6 is 11.6 Å². The van der Waals surface area contributed by atoms with Crippen LogP contribution in [0.15, 0.2) is 34.7 Å². The summed E-state index contributed by atoms with van der Waals surface area (Å²) in [6.07, 6.45) is 0.915. The third kappa shape index (κ3) is 3.17. The Labute approximate surface area is 117 Å². The first-order chi connectivity index (χ1) is 9.15. The lowest BCUT2D eigenvalue weighted by Gasteiger charge is -2.12. The van der Waals surface area contributed by atoms with Crippen LogP contribution in [-0.4, -0.2) is 6.54 Å². The molecule has 0 amide bonds. The molecule has 0 radical (unpaired) electrons. The van der Waals surface area contributed by atoms with Gasteiger partial charge in [-0.05, 0) is 43.3 Å². The van der Waals surface area contributed by atoms with Crippen LogP contribution < -0.4 is 5.32 Å². The van der Waals surface area contributed by atoms with E-state index in [1.807, 2.05) is 13.0 Å². The molecule has 0 aliphatic rings. The number of furan rings is 1. The van der Waals surface area contributed by atoms with Crippen molar-refractivity contribution in [3.8, 4) is 11.3 Å². The molecule has 4 heteroatoms. The zero-order valence-electron chi connectivity index (χ0n) is 11.0. The number of nitrogens with one attached hydrogen (secondary N) is 1. The van der Waals surface area contributed by atoms with E-state index in [4.69, 9.17) is 16.0 Å². The molecule has 19 heavy (non-hydrogen) atoms. The van der Waals surface area contributed by atoms with Crippen LogP contribution in [0.3, 0.4) is 0 Å². The maximum atomic E-state index is 13.8. The van der Waals surface area contributed by atoms with Crippen LogP contribution in [0.2, 0.25) is 5.02 Å². The maximum absolute atomic E-state index is 13.8. The van der Waals surface area contributed by atoms with Gasteiger partial charge in [0.15, 0.2) is 0 Å². The minimum Gasteiger partial charge on any atom is -0.459 e. The van der Waals surface area contributed by atoms with Crippen LogP contribution in [0.4, 0.5) is 4.39 Å². The highest BCUT2D eigenvalue weighted by atomic mass is 35.5. The monoisotopic (exact) mass is 281 g/mol. The fraction of sp³-hybridized carbons (Fsp3) is 0.333. The molecule has 0 saturated carbocycles.